The highest BCUT2D eigenvalue weighted by atomic mass is 35.5. The Bertz CT molecular complexity index is 1310. The van der Waals surface area contributed by atoms with Crippen LogP contribution in [0.4, 0.5) is 8.78 Å². The third kappa shape index (κ3) is 6.13. The Morgan fingerprint density at radius 1 is 1.11 bits per heavy atom. The molecule has 36 heavy (non-hydrogen) atoms. The SMILES string of the molecule is CN(C)Cc1cc(Cl)c(-n2cc(/C(=N/OC3CCNCC3)c3ccc(F)cc3F)ccc2=O)c(Cl)c1. The van der Waals surface area contributed by atoms with Crippen molar-refractivity contribution in [1.29, 1.82) is 0 Å². The smallest absolute Gasteiger partial charge is 0.255 e. The molecule has 10 heteroatoms. The quantitative estimate of drug-likeness (QED) is 0.342. The van der Waals surface area contributed by atoms with Gasteiger partial charge in [-0.1, -0.05) is 28.4 Å². The van der Waals surface area contributed by atoms with Gasteiger partial charge in [-0.25, -0.2) is 8.78 Å². The summed E-state index contributed by atoms with van der Waals surface area (Å²) in [7, 11) is 3.84. The molecule has 3 aromatic rings. The number of rotatable bonds is 7. The van der Waals surface area contributed by atoms with Crippen LogP contribution in [0.2, 0.25) is 10.0 Å². The molecule has 1 saturated heterocycles. The number of piperidine rings is 1. The predicted octanol–water partition coefficient (Wildman–Crippen LogP) is 5.01. The number of hydrogen-bond donors (Lipinski definition) is 1. The minimum Gasteiger partial charge on any atom is -0.392 e. The van der Waals surface area contributed by atoms with Crippen LogP contribution in [0.5, 0.6) is 0 Å². The highest BCUT2D eigenvalue weighted by molar-refractivity contribution is 6.37. The summed E-state index contributed by atoms with van der Waals surface area (Å²) in [4.78, 5) is 20.6. The van der Waals surface area contributed by atoms with Gasteiger partial charge in [0.15, 0.2) is 0 Å². The van der Waals surface area contributed by atoms with Crippen molar-refractivity contribution >= 4 is 28.9 Å². The van der Waals surface area contributed by atoms with Gasteiger partial charge in [-0.2, -0.15) is 0 Å². The second-order valence-electron chi connectivity index (χ2n) is 8.89. The lowest BCUT2D eigenvalue weighted by Crippen LogP contribution is -2.31. The van der Waals surface area contributed by atoms with E-state index in [2.05, 4.69) is 10.5 Å². The van der Waals surface area contributed by atoms with Crippen molar-refractivity contribution in [1.82, 2.24) is 14.8 Å². The van der Waals surface area contributed by atoms with Crippen molar-refractivity contribution in [3.05, 3.63) is 97.4 Å². The van der Waals surface area contributed by atoms with Crippen LogP contribution >= 0.6 is 23.2 Å². The Kier molecular flexibility index (Phi) is 8.41. The lowest BCUT2D eigenvalue weighted by atomic mass is 10.0. The molecule has 0 amide bonds. The number of nitrogens with zero attached hydrogens (tertiary/aromatic N) is 3. The van der Waals surface area contributed by atoms with Gasteiger partial charge in [-0.05, 0) is 75.9 Å². The highest BCUT2D eigenvalue weighted by Gasteiger charge is 2.20. The van der Waals surface area contributed by atoms with Crippen molar-refractivity contribution in [3.63, 3.8) is 0 Å². The second-order valence-corrected chi connectivity index (χ2v) is 9.71. The van der Waals surface area contributed by atoms with Crippen LogP contribution < -0.4 is 10.9 Å². The Hall–Kier alpha value is -2.78. The molecule has 1 aliphatic rings. The third-order valence-electron chi connectivity index (χ3n) is 5.77. The number of nitrogens with one attached hydrogen (secondary N) is 1. The number of aromatic nitrogens is 1. The molecular formula is C26H26Cl2F2N4O2. The lowest BCUT2D eigenvalue weighted by Gasteiger charge is -2.21. The first kappa shape index (κ1) is 26.3. The fourth-order valence-corrected chi connectivity index (χ4v) is 4.79. The standard InChI is InChI=1S/C26H26Cl2F2N4O2/c1-33(2)14-16-11-21(27)26(22(28)12-16)34-15-17(3-6-24(34)35)25(20-5-4-18(29)13-23(20)30)32-36-19-7-9-31-10-8-19/h3-6,11-13,15,19,31H,7-10,14H2,1-2H3/b32-25-. The Labute approximate surface area is 218 Å². The van der Waals surface area contributed by atoms with Crippen LogP contribution in [0.1, 0.15) is 29.5 Å². The van der Waals surface area contributed by atoms with Crippen LogP contribution in [0.3, 0.4) is 0 Å². The van der Waals surface area contributed by atoms with Crippen molar-refractivity contribution in [2.24, 2.45) is 5.16 Å². The average Bonchev–Trinajstić information content (AvgIpc) is 2.81. The third-order valence-corrected chi connectivity index (χ3v) is 6.34. The molecule has 1 aliphatic heterocycles. The van der Waals surface area contributed by atoms with E-state index in [0.29, 0.717) is 17.8 Å². The fourth-order valence-electron chi connectivity index (χ4n) is 4.07. The summed E-state index contributed by atoms with van der Waals surface area (Å²) in [6.07, 6.45) is 2.82. The van der Waals surface area contributed by atoms with E-state index in [1.54, 1.807) is 12.1 Å². The largest absolute Gasteiger partial charge is 0.392 e. The molecule has 4 rings (SSSR count). The summed E-state index contributed by atoms with van der Waals surface area (Å²) in [5.74, 6) is -1.51. The van der Waals surface area contributed by atoms with Gasteiger partial charge in [0.05, 0.1) is 15.7 Å². The summed E-state index contributed by atoms with van der Waals surface area (Å²) in [6.45, 7) is 2.18. The summed E-state index contributed by atoms with van der Waals surface area (Å²) in [5.41, 5.74) is 1.32. The number of halogens is 4. The van der Waals surface area contributed by atoms with Crippen molar-refractivity contribution in [2.75, 3.05) is 27.2 Å². The molecule has 1 N–H and O–H groups in total. The number of benzene rings is 2. The van der Waals surface area contributed by atoms with Gasteiger partial charge in [-0.15, -0.1) is 0 Å². The van der Waals surface area contributed by atoms with Crippen LogP contribution in [-0.4, -0.2) is 48.5 Å². The van der Waals surface area contributed by atoms with Gasteiger partial charge in [0.25, 0.3) is 5.56 Å². The molecule has 2 aromatic carbocycles. The van der Waals surface area contributed by atoms with E-state index in [-0.39, 0.29) is 33.0 Å². The van der Waals surface area contributed by atoms with Gasteiger partial charge in [0.1, 0.15) is 23.5 Å². The molecule has 6 nitrogen and oxygen atoms in total. The van der Waals surface area contributed by atoms with Crippen molar-refractivity contribution in [3.8, 4) is 5.69 Å². The fraction of sp³-hybridized carbons (Fsp3) is 0.308. The highest BCUT2D eigenvalue weighted by Crippen LogP contribution is 2.30. The predicted molar refractivity (Wildman–Crippen MR) is 138 cm³/mol. The van der Waals surface area contributed by atoms with Gasteiger partial charge >= 0.3 is 0 Å². The maximum Gasteiger partial charge on any atom is 0.255 e. The molecule has 0 bridgehead atoms. The van der Waals surface area contributed by atoms with Gasteiger partial charge in [0, 0.05) is 36.0 Å². The van der Waals surface area contributed by atoms with E-state index < -0.39 is 11.6 Å². The second kappa shape index (κ2) is 11.5. The van der Waals surface area contributed by atoms with Crippen LogP contribution in [0.25, 0.3) is 5.69 Å². The first-order valence-electron chi connectivity index (χ1n) is 11.5. The Morgan fingerprint density at radius 3 is 2.44 bits per heavy atom. The molecule has 0 unspecified atom stereocenters. The van der Waals surface area contributed by atoms with E-state index in [1.165, 1.54) is 29.0 Å². The molecule has 0 saturated carbocycles. The molecule has 1 aromatic heterocycles. The average molecular weight is 535 g/mol. The first-order chi connectivity index (χ1) is 17.2. The molecule has 0 spiro atoms. The minimum absolute atomic E-state index is 0.0362. The normalized spacial score (nSPS) is 14.9. The van der Waals surface area contributed by atoms with Crippen LogP contribution in [0, 0.1) is 11.6 Å². The number of pyridine rings is 1. The maximum absolute atomic E-state index is 14.8. The first-order valence-corrected chi connectivity index (χ1v) is 12.2. The Balaban J connectivity index is 1.80. The van der Waals surface area contributed by atoms with E-state index >= 15 is 0 Å². The summed E-state index contributed by atoms with van der Waals surface area (Å²) < 4.78 is 29.8. The molecule has 1 fully saturated rings. The molecule has 2 heterocycles. The number of oxime groups is 1. The summed E-state index contributed by atoms with van der Waals surface area (Å²) in [6, 6.07) is 9.54. The summed E-state index contributed by atoms with van der Waals surface area (Å²) in [5, 5.41) is 8.09. The lowest BCUT2D eigenvalue weighted by molar-refractivity contribution is 0.0378. The van der Waals surface area contributed by atoms with E-state index in [9.17, 15) is 13.6 Å². The van der Waals surface area contributed by atoms with E-state index in [4.69, 9.17) is 28.0 Å². The zero-order chi connectivity index (χ0) is 25.8. The van der Waals surface area contributed by atoms with Crippen molar-refractivity contribution in [2.45, 2.75) is 25.5 Å². The molecular weight excluding hydrogens is 509 g/mol. The van der Waals surface area contributed by atoms with Crippen LogP contribution in [0.15, 0.2) is 58.6 Å². The molecule has 0 atom stereocenters. The van der Waals surface area contributed by atoms with E-state index in [1.807, 2.05) is 19.0 Å². The van der Waals surface area contributed by atoms with E-state index in [0.717, 1.165) is 43.6 Å². The van der Waals surface area contributed by atoms with Gasteiger partial charge < -0.3 is 15.1 Å². The zero-order valence-electron chi connectivity index (χ0n) is 19.9. The molecule has 0 radical (unpaired) electrons. The minimum atomic E-state index is -0.801. The maximum atomic E-state index is 14.8. The van der Waals surface area contributed by atoms with Crippen molar-refractivity contribution < 1.29 is 13.6 Å². The van der Waals surface area contributed by atoms with Gasteiger partial charge in [0.2, 0.25) is 0 Å². The monoisotopic (exact) mass is 534 g/mol. The Morgan fingerprint density at radius 2 is 1.81 bits per heavy atom. The zero-order valence-corrected chi connectivity index (χ0v) is 21.4. The van der Waals surface area contributed by atoms with Gasteiger partial charge in [-0.3, -0.25) is 9.36 Å². The summed E-state index contributed by atoms with van der Waals surface area (Å²) >= 11 is 13.1. The van der Waals surface area contributed by atoms with Crippen LogP contribution in [-0.2, 0) is 11.4 Å². The number of hydrogen-bond acceptors (Lipinski definition) is 5. The molecule has 190 valence electrons. The topological polar surface area (TPSA) is 58.9 Å². The molecule has 0 aliphatic carbocycles.